The molecule has 2 atom stereocenters. The zero-order chi connectivity index (χ0) is 36.9. The molecule has 2 aliphatic rings. The number of hydrogen-bond acceptors (Lipinski definition) is 8. The minimum absolute atomic E-state index is 0.100. The van der Waals surface area contributed by atoms with E-state index in [1.54, 1.807) is 23.2 Å². The Kier molecular flexibility index (Phi) is 10.1. The first-order valence-electron chi connectivity index (χ1n) is 18.0. The predicted octanol–water partition coefficient (Wildman–Crippen LogP) is 8.83. The molecule has 1 unspecified atom stereocenters. The van der Waals surface area contributed by atoms with Gasteiger partial charge in [-0.25, -0.2) is 14.6 Å². The molecule has 1 amide bonds. The van der Waals surface area contributed by atoms with Crippen LogP contribution < -0.4 is 0 Å². The highest BCUT2D eigenvalue weighted by Crippen LogP contribution is 2.45. The second kappa shape index (κ2) is 14.4. The average molecular weight is 744 g/mol. The number of carbonyl (C=O) groups excluding carboxylic acids is 1. The lowest BCUT2D eigenvalue weighted by Crippen LogP contribution is -2.56. The number of esters is 1. The van der Waals surface area contributed by atoms with Gasteiger partial charge in [0.25, 0.3) is 0 Å². The van der Waals surface area contributed by atoms with E-state index in [1.165, 1.54) is 0 Å². The lowest BCUT2D eigenvalue weighted by Gasteiger charge is -2.43. The van der Waals surface area contributed by atoms with Crippen molar-refractivity contribution < 1.29 is 24.2 Å². The number of likely N-dealkylation sites (tertiary alicyclic amines) is 2. The van der Waals surface area contributed by atoms with Crippen LogP contribution in [0.15, 0.2) is 48.5 Å². The Morgan fingerprint density at radius 2 is 1.75 bits per heavy atom. The Labute approximate surface area is 313 Å². The maximum absolute atomic E-state index is 13.6. The summed E-state index contributed by atoms with van der Waals surface area (Å²) in [5.41, 5.74) is 6.88. The molecule has 274 valence electrons. The Bertz CT molecular complexity index is 2130. The van der Waals surface area contributed by atoms with Crippen molar-refractivity contribution in [3.63, 3.8) is 0 Å². The largest absolute Gasteiger partial charge is 0.465 e. The fourth-order valence-corrected chi connectivity index (χ4v) is 8.92. The molecule has 52 heavy (non-hydrogen) atoms. The lowest BCUT2D eigenvalue weighted by molar-refractivity contribution is -0.166. The summed E-state index contributed by atoms with van der Waals surface area (Å²) in [6, 6.07) is 16.3. The molecule has 10 nitrogen and oxygen atoms in total. The fraction of sp³-hybridized carbons (Fsp3) is 0.450. The number of thiazole rings is 1. The number of carboxylic acid groups (broad SMARTS) is 1. The van der Waals surface area contributed by atoms with Crippen molar-refractivity contribution in [2.24, 2.45) is 7.05 Å². The summed E-state index contributed by atoms with van der Waals surface area (Å²) in [5, 5.41) is 17.1. The van der Waals surface area contributed by atoms with Crippen LogP contribution >= 0.6 is 22.9 Å². The summed E-state index contributed by atoms with van der Waals surface area (Å²) < 4.78 is 15.0. The SMILES string of the molecule is CCOC(=O)C(OC(C)(C)C)c1c(C)cc2nc(-c3ccc4c(c3)c(C3CCN(C[C@H]5CCN5C(=O)O)CC3)nn4C)sc2c1-c1ccc(Cl)cc1. The van der Waals surface area contributed by atoms with E-state index >= 15 is 0 Å². The van der Waals surface area contributed by atoms with Gasteiger partial charge in [0.15, 0.2) is 6.10 Å². The zero-order valence-corrected chi connectivity index (χ0v) is 32.2. The highest BCUT2D eigenvalue weighted by Gasteiger charge is 2.36. The first-order chi connectivity index (χ1) is 24.8. The lowest BCUT2D eigenvalue weighted by atomic mass is 9.90. The molecule has 0 spiro atoms. The van der Waals surface area contributed by atoms with Crippen LogP contribution in [0, 0.1) is 6.92 Å². The van der Waals surface area contributed by atoms with Crippen LogP contribution in [0.2, 0.25) is 5.02 Å². The molecular formula is C40H46ClN5O5S. The van der Waals surface area contributed by atoms with Crippen molar-refractivity contribution in [3.8, 4) is 21.7 Å². The predicted molar refractivity (Wildman–Crippen MR) is 206 cm³/mol. The molecule has 0 bridgehead atoms. The molecule has 4 heterocycles. The van der Waals surface area contributed by atoms with Crippen LogP contribution in [-0.4, -0.2) is 86.2 Å². The molecule has 1 N–H and O–H groups in total. The van der Waals surface area contributed by atoms with Crippen LogP contribution in [0.25, 0.3) is 42.8 Å². The first kappa shape index (κ1) is 36.3. The highest BCUT2D eigenvalue weighted by molar-refractivity contribution is 7.22. The Balaban J connectivity index is 1.26. The molecule has 2 fully saturated rings. The van der Waals surface area contributed by atoms with Crippen LogP contribution in [0.5, 0.6) is 0 Å². The zero-order valence-electron chi connectivity index (χ0n) is 30.6. The summed E-state index contributed by atoms with van der Waals surface area (Å²) in [4.78, 5) is 34.2. The number of aryl methyl sites for hydroxylation is 2. The number of ether oxygens (including phenoxy) is 2. The van der Waals surface area contributed by atoms with Gasteiger partial charge in [0.1, 0.15) is 5.01 Å². The number of amides is 1. The number of benzene rings is 3. The molecule has 0 aliphatic carbocycles. The Hall–Kier alpha value is -4.03. The van der Waals surface area contributed by atoms with E-state index in [0.717, 1.165) is 98.5 Å². The van der Waals surface area contributed by atoms with Crippen LogP contribution in [-0.2, 0) is 21.3 Å². The summed E-state index contributed by atoms with van der Waals surface area (Å²) in [7, 11) is 2.00. The van der Waals surface area contributed by atoms with Gasteiger partial charge in [-0.1, -0.05) is 23.7 Å². The number of rotatable bonds is 9. The van der Waals surface area contributed by atoms with Crippen LogP contribution in [0.1, 0.15) is 75.8 Å². The van der Waals surface area contributed by atoms with E-state index in [9.17, 15) is 14.7 Å². The topological polar surface area (TPSA) is 110 Å². The normalized spacial score (nSPS) is 17.8. The maximum atomic E-state index is 13.6. The fourth-order valence-electron chi connectivity index (χ4n) is 7.67. The molecule has 5 aromatic rings. The second-order valence-corrected chi connectivity index (χ2v) is 16.4. The van der Waals surface area contributed by atoms with Crippen LogP contribution in [0.4, 0.5) is 4.79 Å². The van der Waals surface area contributed by atoms with Gasteiger partial charge in [0, 0.05) is 59.2 Å². The van der Waals surface area contributed by atoms with Gasteiger partial charge < -0.3 is 24.4 Å². The van der Waals surface area contributed by atoms with E-state index in [4.69, 9.17) is 31.2 Å². The molecule has 2 aromatic heterocycles. The van der Waals surface area contributed by atoms with E-state index in [2.05, 4.69) is 23.1 Å². The summed E-state index contributed by atoms with van der Waals surface area (Å²) in [5.74, 6) is -0.114. The Morgan fingerprint density at radius 1 is 1.04 bits per heavy atom. The minimum Gasteiger partial charge on any atom is -0.465 e. The number of halogens is 1. The molecule has 0 saturated carbocycles. The molecule has 0 radical (unpaired) electrons. The van der Waals surface area contributed by atoms with Crippen molar-refractivity contribution >= 4 is 56.1 Å². The number of carbonyl (C=O) groups is 2. The number of aromatic nitrogens is 3. The van der Waals surface area contributed by atoms with Crippen molar-refractivity contribution in [1.29, 1.82) is 0 Å². The molecular weight excluding hydrogens is 698 g/mol. The minimum atomic E-state index is -0.939. The summed E-state index contributed by atoms with van der Waals surface area (Å²) in [6.45, 7) is 13.1. The van der Waals surface area contributed by atoms with E-state index in [0.29, 0.717) is 17.5 Å². The average Bonchev–Trinajstić information content (AvgIpc) is 3.65. The molecule has 7 rings (SSSR count). The monoisotopic (exact) mass is 743 g/mol. The van der Waals surface area contributed by atoms with Crippen molar-refractivity contribution in [2.75, 3.05) is 32.8 Å². The molecule has 12 heteroatoms. The first-order valence-corrected chi connectivity index (χ1v) is 19.2. The van der Waals surface area contributed by atoms with Gasteiger partial charge in [-0.15, -0.1) is 11.3 Å². The third-order valence-electron chi connectivity index (χ3n) is 10.3. The Morgan fingerprint density at radius 3 is 2.38 bits per heavy atom. The maximum Gasteiger partial charge on any atom is 0.407 e. The number of piperidine rings is 1. The number of nitrogens with zero attached hydrogens (tertiary/aromatic N) is 5. The van der Waals surface area contributed by atoms with Gasteiger partial charge in [0.05, 0.1) is 33.6 Å². The van der Waals surface area contributed by atoms with E-state index in [-0.39, 0.29) is 12.6 Å². The van der Waals surface area contributed by atoms with Gasteiger partial charge in [-0.2, -0.15) is 5.10 Å². The van der Waals surface area contributed by atoms with Crippen molar-refractivity contribution in [3.05, 3.63) is 70.4 Å². The van der Waals surface area contributed by atoms with Gasteiger partial charge in [-0.05, 0) is 114 Å². The van der Waals surface area contributed by atoms with Crippen molar-refractivity contribution in [2.45, 2.75) is 77.5 Å². The highest BCUT2D eigenvalue weighted by atomic mass is 35.5. The van der Waals surface area contributed by atoms with Gasteiger partial charge in [-0.3, -0.25) is 4.68 Å². The number of fused-ring (bicyclic) bond motifs is 2. The summed E-state index contributed by atoms with van der Waals surface area (Å²) >= 11 is 7.94. The molecule has 3 aromatic carbocycles. The third kappa shape index (κ3) is 7.16. The van der Waals surface area contributed by atoms with E-state index in [1.807, 2.05) is 69.8 Å². The van der Waals surface area contributed by atoms with Gasteiger partial charge in [0.2, 0.25) is 0 Å². The van der Waals surface area contributed by atoms with E-state index < -0.39 is 23.8 Å². The molecule has 2 aliphatic heterocycles. The molecule has 2 saturated heterocycles. The summed E-state index contributed by atoms with van der Waals surface area (Å²) in [6.07, 6.45) is 1.13. The van der Waals surface area contributed by atoms with Gasteiger partial charge >= 0.3 is 12.1 Å². The smallest absolute Gasteiger partial charge is 0.407 e. The second-order valence-electron chi connectivity index (χ2n) is 15.0. The van der Waals surface area contributed by atoms with Crippen LogP contribution in [0.3, 0.4) is 0 Å². The third-order valence-corrected chi connectivity index (χ3v) is 11.6. The quantitative estimate of drug-likeness (QED) is 0.149. The number of hydrogen-bond donors (Lipinski definition) is 1. The standard InChI is InChI=1S/C40H46ClN5O5S/c1-7-50-38(47)35(51-40(3,4)5)32-23(2)20-30-36(33(32)24-8-11-27(41)12-9-24)52-37(42-30)26-10-13-31-29(21-26)34(43-44(31)6)25-14-17-45(18-15-25)22-28-16-19-46(28)39(48)49/h8-13,20-21,25,28,35H,7,14-19,22H2,1-6H3,(H,48,49)/t28-,35?/m1/s1. The van der Waals surface area contributed by atoms with Crippen molar-refractivity contribution in [1.82, 2.24) is 24.6 Å².